The molecule has 0 amide bonds. The molecular weight excluding hydrogens is 172 g/mol. The zero-order chi connectivity index (χ0) is 6.15. The van der Waals surface area contributed by atoms with Crippen molar-refractivity contribution in [3.63, 3.8) is 0 Å². The van der Waals surface area contributed by atoms with E-state index in [2.05, 4.69) is 15.9 Å². The summed E-state index contributed by atoms with van der Waals surface area (Å²) in [4.78, 5) is 10.5. The third kappa shape index (κ3) is 1.02. The first-order chi connectivity index (χ1) is 3.70. The Bertz CT molecular complexity index is 113. The Balaban J connectivity index is 2.51. The molecule has 8 heavy (non-hydrogen) atoms. The molecule has 3 heteroatoms. The third-order valence-electron chi connectivity index (χ3n) is 1.11. The topological polar surface area (TPSA) is 26.3 Å². The molecular formula is C5H7BrO2. The zero-order valence-corrected chi connectivity index (χ0v) is 6.14. The van der Waals surface area contributed by atoms with Gasteiger partial charge in [-0.2, -0.15) is 0 Å². The lowest BCUT2D eigenvalue weighted by Crippen LogP contribution is -2.04. The molecule has 0 aromatic rings. The van der Waals surface area contributed by atoms with Gasteiger partial charge in [0.2, 0.25) is 0 Å². The fraction of sp³-hybridized carbons (Fsp3) is 0.800. The van der Waals surface area contributed by atoms with E-state index in [-0.39, 0.29) is 16.9 Å². The van der Waals surface area contributed by atoms with Gasteiger partial charge in [-0.05, 0) is 6.92 Å². The van der Waals surface area contributed by atoms with Gasteiger partial charge in [-0.15, -0.1) is 0 Å². The summed E-state index contributed by atoms with van der Waals surface area (Å²) in [7, 11) is 0. The van der Waals surface area contributed by atoms with Crippen LogP contribution in [-0.4, -0.2) is 16.9 Å². The summed E-state index contributed by atoms with van der Waals surface area (Å²) in [5, 5.41) is 0. The molecule has 1 heterocycles. The van der Waals surface area contributed by atoms with E-state index in [1.54, 1.807) is 0 Å². The molecule has 1 aliphatic rings. The Morgan fingerprint density at radius 3 is 2.62 bits per heavy atom. The van der Waals surface area contributed by atoms with Gasteiger partial charge in [-0.3, -0.25) is 4.79 Å². The second-order valence-corrected chi connectivity index (χ2v) is 3.06. The Kier molecular flexibility index (Phi) is 1.56. The minimum absolute atomic E-state index is 0.0579. The third-order valence-corrected chi connectivity index (χ3v) is 1.86. The average Bonchev–Trinajstić information content (AvgIpc) is 1.85. The predicted octanol–water partition coefficient (Wildman–Crippen LogP) is 1.09. The quantitative estimate of drug-likeness (QED) is 0.411. The molecule has 2 nitrogen and oxygen atoms in total. The number of halogens is 1. The highest BCUT2D eigenvalue weighted by Gasteiger charge is 2.28. The zero-order valence-electron chi connectivity index (χ0n) is 4.56. The van der Waals surface area contributed by atoms with Crippen LogP contribution in [0.5, 0.6) is 0 Å². The molecule has 0 aromatic carbocycles. The molecule has 0 unspecified atom stereocenters. The highest BCUT2D eigenvalue weighted by Crippen LogP contribution is 2.20. The van der Waals surface area contributed by atoms with Crippen molar-refractivity contribution in [3.8, 4) is 0 Å². The summed E-state index contributed by atoms with van der Waals surface area (Å²) >= 11 is 3.17. The fourth-order valence-corrected chi connectivity index (χ4v) is 1.34. The van der Waals surface area contributed by atoms with Crippen molar-refractivity contribution in [2.24, 2.45) is 0 Å². The summed E-state index contributed by atoms with van der Waals surface area (Å²) in [6, 6.07) is 0. The maximum atomic E-state index is 10.5. The van der Waals surface area contributed by atoms with E-state index in [9.17, 15) is 4.79 Å². The van der Waals surface area contributed by atoms with Crippen LogP contribution in [0.1, 0.15) is 13.3 Å². The molecule has 0 aliphatic carbocycles. The van der Waals surface area contributed by atoms with Gasteiger partial charge in [0.1, 0.15) is 10.9 Å². The summed E-state index contributed by atoms with van der Waals surface area (Å²) in [6.45, 7) is 1.89. The molecule has 1 aliphatic heterocycles. The first-order valence-corrected chi connectivity index (χ1v) is 3.46. The van der Waals surface area contributed by atoms with Gasteiger partial charge < -0.3 is 4.74 Å². The van der Waals surface area contributed by atoms with Crippen LogP contribution in [0.2, 0.25) is 0 Å². The molecule has 1 fully saturated rings. The predicted molar refractivity (Wildman–Crippen MR) is 32.9 cm³/mol. The molecule has 0 radical (unpaired) electrons. The second kappa shape index (κ2) is 2.05. The van der Waals surface area contributed by atoms with E-state index in [4.69, 9.17) is 4.74 Å². The van der Waals surface area contributed by atoms with Crippen LogP contribution in [0.4, 0.5) is 0 Å². The molecule has 0 aromatic heterocycles. The number of hydrogen-bond acceptors (Lipinski definition) is 2. The van der Waals surface area contributed by atoms with Crippen molar-refractivity contribution in [1.82, 2.24) is 0 Å². The summed E-state index contributed by atoms with van der Waals surface area (Å²) in [5.41, 5.74) is 0. The van der Waals surface area contributed by atoms with E-state index < -0.39 is 0 Å². The number of esters is 1. The van der Waals surface area contributed by atoms with Crippen LogP contribution in [0.3, 0.4) is 0 Å². The fourth-order valence-electron chi connectivity index (χ4n) is 0.708. The number of carbonyl (C=O) groups excluding carboxylic acids is 1. The highest BCUT2D eigenvalue weighted by atomic mass is 79.9. The van der Waals surface area contributed by atoms with Crippen molar-refractivity contribution >= 4 is 21.9 Å². The van der Waals surface area contributed by atoms with E-state index in [1.807, 2.05) is 6.92 Å². The summed E-state index contributed by atoms with van der Waals surface area (Å²) in [6.07, 6.45) is 0.908. The largest absolute Gasteiger partial charge is 0.462 e. The minimum atomic E-state index is -0.127. The number of ether oxygens (including phenoxy) is 1. The van der Waals surface area contributed by atoms with Gasteiger partial charge in [0.15, 0.2) is 0 Å². The molecule has 2 atom stereocenters. The molecule has 0 spiro atoms. The number of cyclic esters (lactones) is 1. The molecule has 1 rings (SSSR count). The van der Waals surface area contributed by atoms with Crippen LogP contribution in [-0.2, 0) is 9.53 Å². The van der Waals surface area contributed by atoms with Gasteiger partial charge >= 0.3 is 5.97 Å². The molecule has 1 saturated heterocycles. The minimum Gasteiger partial charge on any atom is -0.462 e. The summed E-state index contributed by atoms with van der Waals surface area (Å²) in [5.74, 6) is -0.127. The van der Waals surface area contributed by atoms with Crippen LogP contribution >= 0.6 is 15.9 Å². The van der Waals surface area contributed by atoms with Gasteiger partial charge in [0.25, 0.3) is 0 Å². The van der Waals surface area contributed by atoms with E-state index in [0.717, 1.165) is 6.42 Å². The Morgan fingerprint density at radius 2 is 2.50 bits per heavy atom. The van der Waals surface area contributed by atoms with Crippen molar-refractivity contribution in [1.29, 1.82) is 0 Å². The van der Waals surface area contributed by atoms with Crippen LogP contribution in [0.15, 0.2) is 0 Å². The second-order valence-electron chi connectivity index (χ2n) is 1.95. The summed E-state index contributed by atoms with van der Waals surface area (Å²) < 4.78 is 4.79. The molecule has 0 saturated carbocycles. The van der Waals surface area contributed by atoms with Gasteiger partial charge in [-0.1, -0.05) is 15.9 Å². The number of rotatable bonds is 0. The molecule has 46 valence electrons. The van der Waals surface area contributed by atoms with Gasteiger partial charge in [0.05, 0.1) is 0 Å². The highest BCUT2D eigenvalue weighted by molar-refractivity contribution is 9.10. The van der Waals surface area contributed by atoms with Crippen LogP contribution < -0.4 is 0 Å². The van der Waals surface area contributed by atoms with E-state index in [1.165, 1.54) is 0 Å². The number of alkyl halides is 1. The van der Waals surface area contributed by atoms with Gasteiger partial charge in [0, 0.05) is 6.42 Å². The van der Waals surface area contributed by atoms with Crippen molar-refractivity contribution in [2.75, 3.05) is 0 Å². The monoisotopic (exact) mass is 178 g/mol. The van der Waals surface area contributed by atoms with Crippen molar-refractivity contribution < 1.29 is 9.53 Å². The van der Waals surface area contributed by atoms with E-state index in [0.29, 0.717) is 0 Å². The lowest BCUT2D eigenvalue weighted by molar-refractivity contribution is -0.140. The number of hydrogen-bond donors (Lipinski definition) is 0. The SMILES string of the molecule is C[C@H]1C[C@H](Br)C(=O)O1. The Hall–Kier alpha value is -0.0500. The molecule has 0 bridgehead atoms. The van der Waals surface area contributed by atoms with Crippen molar-refractivity contribution in [3.05, 3.63) is 0 Å². The Morgan fingerprint density at radius 1 is 1.88 bits per heavy atom. The van der Waals surface area contributed by atoms with E-state index >= 15 is 0 Å². The Labute approximate surface area is 56.3 Å². The maximum absolute atomic E-state index is 10.5. The average molecular weight is 179 g/mol. The lowest BCUT2D eigenvalue weighted by atomic mass is 10.3. The smallest absolute Gasteiger partial charge is 0.320 e. The van der Waals surface area contributed by atoms with Crippen LogP contribution in [0, 0.1) is 0 Å². The molecule has 0 N–H and O–H groups in total. The first-order valence-electron chi connectivity index (χ1n) is 2.54. The first kappa shape index (κ1) is 6.08. The maximum Gasteiger partial charge on any atom is 0.320 e. The van der Waals surface area contributed by atoms with Crippen molar-refractivity contribution in [2.45, 2.75) is 24.3 Å². The van der Waals surface area contributed by atoms with Gasteiger partial charge in [-0.25, -0.2) is 0 Å². The standard InChI is InChI=1S/C5H7BrO2/c1-3-2-4(6)5(7)8-3/h3-4H,2H2,1H3/t3-,4-/m0/s1. The normalized spacial score (nSPS) is 37.5. The van der Waals surface area contributed by atoms with Crippen LogP contribution in [0.25, 0.3) is 0 Å². The lowest BCUT2D eigenvalue weighted by Gasteiger charge is -1.95. The number of carbonyl (C=O) groups is 1.